The smallest absolute Gasteiger partial charge is 0.257 e. The van der Waals surface area contributed by atoms with Crippen LogP contribution in [0.25, 0.3) is 0 Å². The van der Waals surface area contributed by atoms with Crippen LogP contribution in [-0.2, 0) is 0 Å². The highest BCUT2D eigenvalue weighted by Crippen LogP contribution is 2.18. The second-order valence-electron chi connectivity index (χ2n) is 4.63. The average Bonchev–Trinajstić information content (AvgIpc) is 2.47. The van der Waals surface area contributed by atoms with E-state index in [9.17, 15) is 14.7 Å². The molecular weight excluding hydrogens is 270 g/mol. The number of aromatic hydroxyl groups is 1. The predicted molar refractivity (Wildman–Crippen MR) is 78.3 cm³/mol. The number of pyridine rings is 1. The van der Waals surface area contributed by atoms with E-state index in [2.05, 4.69) is 10.3 Å². The largest absolute Gasteiger partial charge is 0.506 e. The van der Waals surface area contributed by atoms with Crippen LogP contribution in [0.2, 0.25) is 0 Å². The average molecular weight is 285 g/mol. The molecule has 0 saturated carbocycles. The Kier molecular flexibility index (Phi) is 4.18. The Balaban J connectivity index is 2.28. The van der Waals surface area contributed by atoms with Crippen LogP contribution in [-0.4, -0.2) is 40.9 Å². The molecule has 0 saturated heterocycles. The van der Waals surface area contributed by atoms with Gasteiger partial charge in [0.25, 0.3) is 11.8 Å². The summed E-state index contributed by atoms with van der Waals surface area (Å²) < 4.78 is 0. The minimum atomic E-state index is -0.447. The molecule has 0 unspecified atom stereocenters. The van der Waals surface area contributed by atoms with Crippen LogP contribution < -0.4 is 5.32 Å². The molecule has 1 aromatic carbocycles. The molecule has 6 heteroatoms. The number of nitrogens with zero attached hydrogens (tertiary/aromatic N) is 2. The monoisotopic (exact) mass is 285 g/mol. The van der Waals surface area contributed by atoms with Crippen molar-refractivity contribution in [2.75, 3.05) is 19.4 Å². The maximum Gasteiger partial charge on any atom is 0.257 e. The van der Waals surface area contributed by atoms with Gasteiger partial charge in [-0.15, -0.1) is 0 Å². The molecule has 1 heterocycles. The minimum Gasteiger partial charge on any atom is -0.506 e. The lowest BCUT2D eigenvalue weighted by Gasteiger charge is -2.14. The zero-order valence-electron chi connectivity index (χ0n) is 11.7. The zero-order chi connectivity index (χ0) is 15.4. The summed E-state index contributed by atoms with van der Waals surface area (Å²) in [7, 11) is 3.28. The predicted octanol–water partition coefficient (Wildman–Crippen LogP) is 1.74. The molecule has 6 nitrogen and oxygen atoms in total. The van der Waals surface area contributed by atoms with Crippen molar-refractivity contribution in [1.29, 1.82) is 0 Å². The summed E-state index contributed by atoms with van der Waals surface area (Å²) in [5, 5.41) is 12.0. The molecule has 21 heavy (non-hydrogen) atoms. The van der Waals surface area contributed by atoms with Crippen molar-refractivity contribution in [2.45, 2.75) is 0 Å². The molecule has 0 atom stereocenters. The maximum absolute atomic E-state index is 12.1. The Hall–Kier alpha value is -2.89. The molecule has 2 rings (SSSR count). The standard InChI is InChI=1S/C15H15N3O3/c1-18(2)15(21)12-5-3-4-6-13(12)17-14(20)10-7-11(19)9-16-8-10/h3-9,19H,1-2H3,(H,17,20). The van der Waals surface area contributed by atoms with Gasteiger partial charge in [0, 0.05) is 20.3 Å². The quantitative estimate of drug-likeness (QED) is 0.900. The summed E-state index contributed by atoms with van der Waals surface area (Å²) in [5.41, 5.74) is 1.01. The number of aromatic nitrogens is 1. The van der Waals surface area contributed by atoms with Crippen molar-refractivity contribution in [3.63, 3.8) is 0 Å². The summed E-state index contributed by atoms with van der Waals surface area (Å²) >= 11 is 0. The van der Waals surface area contributed by atoms with Gasteiger partial charge < -0.3 is 15.3 Å². The van der Waals surface area contributed by atoms with Crippen LogP contribution in [0.1, 0.15) is 20.7 Å². The molecule has 2 aromatic rings. The minimum absolute atomic E-state index is 0.0969. The summed E-state index contributed by atoms with van der Waals surface area (Å²) in [6.45, 7) is 0. The number of hydrogen-bond donors (Lipinski definition) is 2. The third-order valence-electron chi connectivity index (χ3n) is 2.80. The fourth-order valence-electron chi connectivity index (χ4n) is 1.77. The molecule has 0 bridgehead atoms. The highest BCUT2D eigenvalue weighted by molar-refractivity contribution is 6.08. The van der Waals surface area contributed by atoms with E-state index in [1.807, 2.05) is 0 Å². The van der Waals surface area contributed by atoms with E-state index < -0.39 is 5.91 Å². The number of nitrogens with one attached hydrogen (secondary N) is 1. The molecule has 0 radical (unpaired) electrons. The van der Waals surface area contributed by atoms with E-state index in [0.29, 0.717) is 11.3 Å². The SMILES string of the molecule is CN(C)C(=O)c1ccccc1NC(=O)c1cncc(O)c1. The highest BCUT2D eigenvalue weighted by Gasteiger charge is 2.15. The number of hydrogen-bond acceptors (Lipinski definition) is 4. The van der Waals surface area contributed by atoms with Crippen molar-refractivity contribution >= 4 is 17.5 Å². The molecule has 0 aliphatic carbocycles. The van der Waals surface area contributed by atoms with Crippen molar-refractivity contribution < 1.29 is 14.7 Å². The third kappa shape index (κ3) is 3.36. The van der Waals surface area contributed by atoms with Gasteiger partial charge in [0.05, 0.1) is 23.0 Å². The van der Waals surface area contributed by atoms with Gasteiger partial charge in [-0.05, 0) is 18.2 Å². The van der Waals surface area contributed by atoms with Gasteiger partial charge in [0.2, 0.25) is 0 Å². The lowest BCUT2D eigenvalue weighted by molar-refractivity contribution is 0.0828. The van der Waals surface area contributed by atoms with Crippen molar-refractivity contribution in [3.05, 3.63) is 53.9 Å². The third-order valence-corrected chi connectivity index (χ3v) is 2.80. The Morgan fingerprint density at radius 1 is 1.19 bits per heavy atom. The maximum atomic E-state index is 12.1. The number of para-hydroxylation sites is 1. The molecule has 0 aliphatic rings. The summed E-state index contributed by atoms with van der Waals surface area (Å²) in [4.78, 5) is 29.4. The molecule has 2 N–H and O–H groups in total. The van der Waals surface area contributed by atoms with E-state index in [1.165, 1.54) is 23.4 Å². The van der Waals surface area contributed by atoms with Crippen LogP contribution >= 0.6 is 0 Å². The van der Waals surface area contributed by atoms with Gasteiger partial charge in [0.1, 0.15) is 5.75 Å². The van der Waals surface area contributed by atoms with Crippen LogP contribution in [0.3, 0.4) is 0 Å². The lowest BCUT2D eigenvalue weighted by Crippen LogP contribution is -2.24. The van der Waals surface area contributed by atoms with E-state index in [1.54, 1.807) is 38.4 Å². The van der Waals surface area contributed by atoms with Crippen LogP contribution in [0.5, 0.6) is 5.75 Å². The number of benzene rings is 1. The Morgan fingerprint density at radius 2 is 1.90 bits per heavy atom. The van der Waals surface area contributed by atoms with E-state index in [0.717, 1.165) is 0 Å². The first-order chi connectivity index (χ1) is 9.99. The topological polar surface area (TPSA) is 82.5 Å². The second-order valence-corrected chi connectivity index (χ2v) is 4.63. The lowest BCUT2D eigenvalue weighted by atomic mass is 10.1. The number of anilines is 1. The number of carbonyl (C=O) groups is 2. The molecule has 0 fully saturated rings. The van der Waals surface area contributed by atoms with Gasteiger partial charge in [0.15, 0.2) is 0 Å². The number of rotatable bonds is 3. The Labute approximate surface area is 122 Å². The van der Waals surface area contributed by atoms with Gasteiger partial charge in [-0.2, -0.15) is 0 Å². The summed E-state index contributed by atoms with van der Waals surface area (Å²) in [6.07, 6.45) is 2.58. The van der Waals surface area contributed by atoms with Gasteiger partial charge >= 0.3 is 0 Å². The van der Waals surface area contributed by atoms with Gasteiger partial charge in [-0.1, -0.05) is 12.1 Å². The number of amides is 2. The summed E-state index contributed by atoms with van der Waals surface area (Å²) in [5.74, 6) is -0.752. The van der Waals surface area contributed by atoms with Crippen molar-refractivity contribution in [1.82, 2.24) is 9.88 Å². The molecule has 0 aliphatic heterocycles. The van der Waals surface area contributed by atoms with Crippen LogP contribution in [0.4, 0.5) is 5.69 Å². The molecular formula is C15H15N3O3. The molecule has 1 aromatic heterocycles. The second kappa shape index (κ2) is 6.04. The van der Waals surface area contributed by atoms with Crippen LogP contribution in [0.15, 0.2) is 42.7 Å². The molecule has 0 spiro atoms. The van der Waals surface area contributed by atoms with E-state index in [-0.39, 0.29) is 17.2 Å². The Bertz CT molecular complexity index is 683. The van der Waals surface area contributed by atoms with E-state index >= 15 is 0 Å². The normalized spacial score (nSPS) is 10.0. The van der Waals surface area contributed by atoms with Gasteiger partial charge in [-0.3, -0.25) is 14.6 Å². The summed E-state index contributed by atoms with van der Waals surface area (Å²) in [6, 6.07) is 8.04. The van der Waals surface area contributed by atoms with Crippen molar-refractivity contribution in [2.24, 2.45) is 0 Å². The van der Waals surface area contributed by atoms with E-state index in [4.69, 9.17) is 0 Å². The van der Waals surface area contributed by atoms with Crippen LogP contribution in [0, 0.1) is 0 Å². The molecule has 108 valence electrons. The number of carbonyl (C=O) groups excluding carboxylic acids is 2. The van der Waals surface area contributed by atoms with Gasteiger partial charge in [-0.25, -0.2) is 0 Å². The molecule has 2 amide bonds. The fourth-order valence-corrected chi connectivity index (χ4v) is 1.77. The highest BCUT2D eigenvalue weighted by atomic mass is 16.3. The Morgan fingerprint density at radius 3 is 2.57 bits per heavy atom. The first-order valence-electron chi connectivity index (χ1n) is 6.25. The first kappa shape index (κ1) is 14.5. The van der Waals surface area contributed by atoms with Crippen molar-refractivity contribution in [3.8, 4) is 5.75 Å². The fraction of sp³-hybridized carbons (Fsp3) is 0.133. The zero-order valence-corrected chi connectivity index (χ0v) is 11.7. The first-order valence-corrected chi connectivity index (χ1v) is 6.25.